The Bertz CT molecular complexity index is 886. The number of aliphatic hydroxyl groups is 1. The van der Waals surface area contributed by atoms with E-state index in [0.717, 1.165) is 10.6 Å². The van der Waals surface area contributed by atoms with Crippen LogP contribution >= 0.6 is 11.3 Å². The zero-order chi connectivity index (χ0) is 19.2. The van der Waals surface area contributed by atoms with Crippen molar-refractivity contribution in [3.8, 4) is 0 Å². The Kier molecular flexibility index (Phi) is 6.32. The maximum Gasteiger partial charge on any atom is 0.191 e. The zero-order valence-corrected chi connectivity index (χ0v) is 16.8. The summed E-state index contributed by atoms with van der Waals surface area (Å²) in [4.78, 5) is 7.28. The minimum Gasteiger partial charge on any atom is -0.386 e. The number of hydrogen-bond acceptors (Lipinski definition) is 4. The van der Waals surface area contributed by atoms with Gasteiger partial charge in [0.2, 0.25) is 0 Å². The van der Waals surface area contributed by atoms with Crippen molar-refractivity contribution in [2.75, 3.05) is 32.6 Å². The Morgan fingerprint density at radius 2 is 1.93 bits per heavy atom. The van der Waals surface area contributed by atoms with Crippen molar-refractivity contribution >= 4 is 33.1 Å². The highest BCUT2D eigenvalue weighted by molar-refractivity contribution is 7.19. The number of thiophene rings is 1. The number of nitrogens with one attached hydrogen (secondary N) is 2. The molecule has 0 saturated carbocycles. The first-order valence-corrected chi connectivity index (χ1v) is 9.76. The molecule has 0 spiro atoms. The first-order valence-electron chi connectivity index (χ1n) is 8.94. The van der Waals surface area contributed by atoms with Crippen molar-refractivity contribution < 1.29 is 5.11 Å². The van der Waals surface area contributed by atoms with Crippen molar-refractivity contribution in [1.82, 2.24) is 10.6 Å². The van der Waals surface area contributed by atoms with Gasteiger partial charge in [-0.15, -0.1) is 11.3 Å². The fraction of sp³-hybridized carbons (Fsp3) is 0.286. The Balaban J connectivity index is 1.55. The third-order valence-corrected chi connectivity index (χ3v) is 5.56. The molecule has 0 radical (unpaired) electrons. The topological polar surface area (TPSA) is 59.9 Å². The molecule has 27 heavy (non-hydrogen) atoms. The Morgan fingerprint density at radius 1 is 1.11 bits per heavy atom. The highest BCUT2D eigenvalue weighted by Gasteiger charge is 2.12. The molecule has 3 N–H and O–H groups in total. The van der Waals surface area contributed by atoms with Crippen LogP contribution in [0.15, 0.2) is 59.6 Å². The number of guanidine groups is 1. The van der Waals surface area contributed by atoms with E-state index in [4.69, 9.17) is 0 Å². The molecular formula is C21H26N4OS. The molecule has 2 aromatic carbocycles. The van der Waals surface area contributed by atoms with Gasteiger partial charge in [0.1, 0.15) is 6.10 Å². The maximum absolute atomic E-state index is 10.5. The molecule has 1 atom stereocenters. The molecule has 0 aliphatic carbocycles. The van der Waals surface area contributed by atoms with Crippen LogP contribution in [0.5, 0.6) is 0 Å². The molecule has 0 aliphatic heterocycles. The van der Waals surface area contributed by atoms with Crippen LogP contribution in [0.3, 0.4) is 0 Å². The second-order valence-corrected chi connectivity index (χ2v) is 7.69. The summed E-state index contributed by atoms with van der Waals surface area (Å²) < 4.78 is 1.19. The van der Waals surface area contributed by atoms with E-state index in [1.807, 2.05) is 32.3 Å². The van der Waals surface area contributed by atoms with Crippen molar-refractivity contribution in [3.05, 3.63) is 65.0 Å². The van der Waals surface area contributed by atoms with E-state index in [9.17, 15) is 5.11 Å². The number of aliphatic imine (C=N–C) groups is 1. The molecule has 0 aliphatic rings. The van der Waals surface area contributed by atoms with Gasteiger partial charge < -0.3 is 20.6 Å². The van der Waals surface area contributed by atoms with Crippen LogP contribution < -0.4 is 15.5 Å². The number of nitrogens with zero attached hydrogens (tertiary/aromatic N) is 2. The molecule has 0 amide bonds. The van der Waals surface area contributed by atoms with Crippen molar-refractivity contribution in [3.63, 3.8) is 0 Å². The molecule has 5 nitrogen and oxygen atoms in total. The van der Waals surface area contributed by atoms with Gasteiger partial charge in [0.05, 0.1) is 0 Å². The third kappa shape index (κ3) is 4.99. The molecule has 1 aromatic heterocycles. The first-order chi connectivity index (χ1) is 13.1. The molecule has 0 saturated heterocycles. The molecule has 0 bridgehead atoms. The summed E-state index contributed by atoms with van der Waals surface area (Å²) in [5.74, 6) is 0.672. The number of benzene rings is 2. The molecule has 3 aromatic rings. The average molecular weight is 383 g/mol. The van der Waals surface area contributed by atoms with E-state index in [2.05, 4.69) is 56.9 Å². The smallest absolute Gasteiger partial charge is 0.191 e. The van der Waals surface area contributed by atoms with Crippen LogP contribution in [0.1, 0.15) is 16.5 Å². The molecule has 142 valence electrons. The lowest BCUT2D eigenvalue weighted by molar-refractivity contribution is 0.184. The molecule has 1 heterocycles. The van der Waals surface area contributed by atoms with Gasteiger partial charge in [-0.1, -0.05) is 30.3 Å². The standard InChI is InChI=1S/C21H26N4OS/c1-22-21(23-13-15-7-6-9-17(11-15)25(2)3)24-14-18(26)20-12-16-8-4-5-10-19(16)27-20/h4-12,18,26H,13-14H2,1-3H3,(H2,22,23,24). The van der Waals surface area contributed by atoms with Gasteiger partial charge in [0, 0.05) is 49.5 Å². The molecule has 3 rings (SSSR count). The van der Waals surface area contributed by atoms with Gasteiger partial charge in [-0.3, -0.25) is 4.99 Å². The largest absolute Gasteiger partial charge is 0.386 e. The van der Waals surface area contributed by atoms with E-state index in [0.29, 0.717) is 19.0 Å². The van der Waals surface area contributed by atoms with Gasteiger partial charge >= 0.3 is 0 Å². The van der Waals surface area contributed by atoms with Gasteiger partial charge in [-0.25, -0.2) is 0 Å². The van der Waals surface area contributed by atoms with Crippen LogP contribution in [0.2, 0.25) is 0 Å². The summed E-state index contributed by atoms with van der Waals surface area (Å²) in [6, 6.07) is 18.6. The van der Waals surface area contributed by atoms with Crippen molar-refractivity contribution in [1.29, 1.82) is 0 Å². The lowest BCUT2D eigenvalue weighted by Crippen LogP contribution is -2.38. The monoisotopic (exact) mass is 382 g/mol. The summed E-state index contributed by atoms with van der Waals surface area (Å²) in [5.41, 5.74) is 2.34. The van der Waals surface area contributed by atoms with Crippen molar-refractivity contribution in [2.45, 2.75) is 12.6 Å². The second-order valence-electron chi connectivity index (χ2n) is 6.57. The quantitative estimate of drug-likeness (QED) is 0.452. The van der Waals surface area contributed by atoms with E-state index < -0.39 is 6.10 Å². The predicted octanol–water partition coefficient (Wildman–Crippen LogP) is 3.37. The highest BCUT2D eigenvalue weighted by Crippen LogP contribution is 2.29. The maximum atomic E-state index is 10.5. The van der Waals surface area contributed by atoms with Gasteiger partial charge in [0.25, 0.3) is 0 Å². The summed E-state index contributed by atoms with van der Waals surface area (Å²) >= 11 is 1.62. The normalized spacial score (nSPS) is 12.8. The Hall–Kier alpha value is -2.57. The minimum absolute atomic E-state index is 0.407. The Labute approximate surface area is 164 Å². The van der Waals surface area contributed by atoms with Crippen LogP contribution in [0, 0.1) is 0 Å². The first kappa shape index (κ1) is 19.2. The molecular weight excluding hydrogens is 356 g/mol. The molecule has 1 unspecified atom stereocenters. The van der Waals surface area contributed by atoms with Crippen LogP contribution in [0.25, 0.3) is 10.1 Å². The summed E-state index contributed by atoms with van der Waals surface area (Å²) in [6.07, 6.45) is -0.571. The second kappa shape index (κ2) is 8.88. The number of aliphatic hydroxyl groups excluding tert-OH is 1. The SMILES string of the molecule is CN=C(NCc1cccc(N(C)C)c1)NCC(O)c1cc2ccccc2s1. The van der Waals surface area contributed by atoms with Gasteiger partial charge in [-0.05, 0) is 35.2 Å². The summed E-state index contributed by atoms with van der Waals surface area (Å²) in [7, 11) is 5.79. The highest BCUT2D eigenvalue weighted by atomic mass is 32.1. The van der Waals surface area contributed by atoms with Crippen LogP contribution in [-0.4, -0.2) is 38.8 Å². The van der Waals surface area contributed by atoms with Gasteiger partial charge in [0.15, 0.2) is 5.96 Å². The van der Waals surface area contributed by atoms with E-state index in [-0.39, 0.29) is 0 Å². The van der Waals surface area contributed by atoms with Crippen molar-refractivity contribution in [2.24, 2.45) is 4.99 Å². The number of rotatable bonds is 6. The van der Waals surface area contributed by atoms with E-state index in [1.54, 1.807) is 18.4 Å². The number of fused-ring (bicyclic) bond motifs is 1. The zero-order valence-electron chi connectivity index (χ0n) is 15.9. The average Bonchev–Trinajstić information content (AvgIpc) is 3.12. The van der Waals surface area contributed by atoms with Crippen LogP contribution in [0.4, 0.5) is 5.69 Å². The Morgan fingerprint density at radius 3 is 2.67 bits per heavy atom. The minimum atomic E-state index is -0.571. The van der Waals surface area contributed by atoms with E-state index in [1.165, 1.54) is 15.6 Å². The fourth-order valence-electron chi connectivity index (χ4n) is 2.81. The fourth-order valence-corrected chi connectivity index (χ4v) is 3.86. The predicted molar refractivity (Wildman–Crippen MR) is 116 cm³/mol. The van der Waals surface area contributed by atoms with Gasteiger partial charge in [-0.2, -0.15) is 0 Å². The lowest BCUT2D eigenvalue weighted by Gasteiger charge is -2.16. The lowest BCUT2D eigenvalue weighted by atomic mass is 10.2. The molecule has 0 fully saturated rings. The summed E-state index contributed by atoms with van der Waals surface area (Å²) in [6.45, 7) is 1.07. The van der Waals surface area contributed by atoms with Crippen LogP contribution in [-0.2, 0) is 6.54 Å². The number of anilines is 1. The third-order valence-electron chi connectivity index (χ3n) is 4.35. The number of hydrogen-bond donors (Lipinski definition) is 3. The van der Waals surface area contributed by atoms with E-state index >= 15 is 0 Å². The molecule has 6 heteroatoms. The summed E-state index contributed by atoms with van der Waals surface area (Å²) in [5, 5.41) is 18.2.